The fraction of sp³-hybridized carbons (Fsp3) is 0.364. The van der Waals surface area contributed by atoms with Gasteiger partial charge in [0, 0.05) is 30.3 Å². The minimum atomic E-state index is 0.0136. The highest BCUT2D eigenvalue weighted by Crippen LogP contribution is 2.50. The minimum Gasteiger partial charge on any atom is -0.497 e. The third kappa shape index (κ3) is 3.71. The second kappa shape index (κ2) is 8.23. The first-order valence-electron chi connectivity index (χ1n) is 9.59. The van der Waals surface area contributed by atoms with Crippen molar-refractivity contribution in [1.29, 1.82) is 0 Å². The second-order valence-corrected chi connectivity index (χ2v) is 7.22. The summed E-state index contributed by atoms with van der Waals surface area (Å²) in [5.41, 5.74) is 6.28. The van der Waals surface area contributed by atoms with E-state index in [0.29, 0.717) is 23.6 Å². The molecule has 0 aliphatic carbocycles. The van der Waals surface area contributed by atoms with Gasteiger partial charge in [0.1, 0.15) is 5.75 Å². The molecule has 29 heavy (non-hydrogen) atoms. The summed E-state index contributed by atoms with van der Waals surface area (Å²) in [5.74, 6) is 2.87. The number of ether oxygens (including phenoxy) is 4. The van der Waals surface area contributed by atoms with Crippen molar-refractivity contribution in [2.24, 2.45) is 0 Å². The minimum absolute atomic E-state index is 0.0136. The molecule has 2 aromatic carbocycles. The molecule has 0 amide bonds. The van der Waals surface area contributed by atoms with Crippen molar-refractivity contribution in [3.05, 3.63) is 52.7 Å². The van der Waals surface area contributed by atoms with Gasteiger partial charge in [-0.05, 0) is 48.9 Å². The van der Waals surface area contributed by atoms with Crippen molar-refractivity contribution >= 4 is 6.08 Å². The monoisotopic (exact) mass is 398 g/mol. The summed E-state index contributed by atoms with van der Waals surface area (Å²) in [6, 6.07) is 9.77. The van der Waals surface area contributed by atoms with Crippen molar-refractivity contribution in [2.75, 3.05) is 34.6 Å². The Kier molecular flexibility index (Phi) is 5.51. The van der Waals surface area contributed by atoms with Crippen LogP contribution in [-0.2, 0) is 6.42 Å². The molecule has 0 saturated heterocycles. The number of fused-ring (bicyclic) bond motifs is 2. The molecule has 0 spiro atoms. The Morgan fingerprint density at radius 1 is 1.28 bits per heavy atom. The second-order valence-electron chi connectivity index (χ2n) is 7.22. The zero-order valence-electron chi connectivity index (χ0n) is 16.9. The van der Waals surface area contributed by atoms with E-state index < -0.39 is 0 Å². The number of methoxy groups -OCH3 is 2. The van der Waals surface area contributed by atoms with Crippen molar-refractivity contribution in [2.45, 2.75) is 18.9 Å². The Balaban J connectivity index is 1.71. The Bertz CT molecular complexity index is 928. The summed E-state index contributed by atoms with van der Waals surface area (Å²) in [6.07, 6.45) is 3.40. The van der Waals surface area contributed by atoms with Crippen molar-refractivity contribution in [3.8, 4) is 23.0 Å². The fourth-order valence-electron chi connectivity index (χ4n) is 4.06. The molecule has 0 aromatic heterocycles. The van der Waals surface area contributed by atoms with Gasteiger partial charge in [-0.2, -0.15) is 0 Å². The standard InChI is InChI=1S/C22H26N2O5/c1-24-8-7-15-11-19-21(29-13-28-19)22(27-3)20(15)18(24)12-16(23-25)9-14-5-4-6-17(10-14)26-2/h4-6,9-11,18,23,25H,7-8,12-13H2,1-3H3/b16-9+/t18-/m1/s1. The summed E-state index contributed by atoms with van der Waals surface area (Å²) in [6.45, 7) is 1.10. The smallest absolute Gasteiger partial charge is 0.231 e. The largest absolute Gasteiger partial charge is 0.497 e. The van der Waals surface area contributed by atoms with Crippen molar-refractivity contribution in [3.63, 3.8) is 0 Å². The van der Waals surface area contributed by atoms with E-state index in [1.54, 1.807) is 14.2 Å². The number of hydrogen-bond acceptors (Lipinski definition) is 7. The molecule has 0 saturated carbocycles. The Labute approximate surface area is 170 Å². The Morgan fingerprint density at radius 3 is 2.90 bits per heavy atom. The van der Waals surface area contributed by atoms with Crippen LogP contribution in [0.3, 0.4) is 0 Å². The predicted molar refractivity (Wildman–Crippen MR) is 109 cm³/mol. The van der Waals surface area contributed by atoms with Gasteiger partial charge in [-0.1, -0.05) is 12.1 Å². The average molecular weight is 398 g/mol. The molecule has 4 rings (SSSR count). The first-order chi connectivity index (χ1) is 14.1. The summed E-state index contributed by atoms with van der Waals surface area (Å²) < 4.78 is 22.3. The molecule has 2 heterocycles. The molecule has 2 N–H and O–H groups in total. The van der Waals surface area contributed by atoms with E-state index in [9.17, 15) is 5.21 Å². The average Bonchev–Trinajstić information content (AvgIpc) is 3.21. The van der Waals surface area contributed by atoms with Gasteiger partial charge in [-0.15, -0.1) is 0 Å². The third-order valence-electron chi connectivity index (χ3n) is 5.54. The van der Waals surface area contributed by atoms with Gasteiger partial charge in [0.25, 0.3) is 0 Å². The number of nitrogens with one attached hydrogen (secondary N) is 1. The van der Waals surface area contributed by atoms with Crippen LogP contribution in [0.2, 0.25) is 0 Å². The predicted octanol–water partition coefficient (Wildman–Crippen LogP) is 3.37. The molecule has 2 aromatic rings. The van der Waals surface area contributed by atoms with Crippen LogP contribution >= 0.6 is 0 Å². The molecule has 1 atom stereocenters. The van der Waals surface area contributed by atoms with Crippen LogP contribution in [0.15, 0.2) is 36.0 Å². The molecule has 0 radical (unpaired) electrons. The third-order valence-corrected chi connectivity index (χ3v) is 5.54. The molecular formula is C22H26N2O5. The van der Waals surface area contributed by atoms with Gasteiger partial charge in [0.15, 0.2) is 11.5 Å². The lowest BCUT2D eigenvalue weighted by atomic mass is 9.88. The van der Waals surface area contributed by atoms with E-state index >= 15 is 0 Å². The van der Waals surface area contributed by atoms with Gasteiger partial charge in [0.2, 0.25) is 12.5 Å². The number of nitrogens with zero attached hydrogens (tertiary/aromatic N) is 1. The normalized spacial score (nSPS) is 18.3. The van der Waals surface area contributed by atoms with Gasteiger partial charge in [-0.3, -0.25) is 15.6 Å². The van der Waals surface area contributed by atoms with E-state index in [0.717, 1.165) is 35.6 Å². The van der Waals surface area contributed by atoms with Crippen LogP contribution in [0.1, 0.15) is 29.2 Å². The van der Waals surface area contributed by atoms with Crippen LogP contribution in [0.4, 0.5) is 0 Å². The number of likely N-dealkylation sites (N-methyl/N-ethyl adjacent to an activating group) is 1. The lowest BCUT2D eigenvalue weighted by molar-refractivity contribution is 0.168. The zero-order chi connectivity index (χ0) is 20.4. The first-order valence-corrected chi connectivity index (χ1v) is 9.59. The van der Waals surface area contributed by atoms with Crippen LogP contribution < -0.4 is 24.4 Å². The molecule has 0 unspecified atom stereocenters. The lowest BCUT2D eigenvalue weighted by Gasteiger charge is -2.36. The van der Waals surface area contributed by atoms with Gasteiger partial charge < -0.3 is 18.9 Å². The molecule has 0 bridgehead atoms. The van der Waals surface area contributed by atoms with E-state index in [1.165, 1.54) is 5.56 Å². The summed E-state index contributed by atoms with van der Waals surface area (Å²) in [7, 11) is 5.37. The van der Waals surface area contributed by atoms with Gasteiger partial charge in [0.05, 0.1) is 14.2 Å². The SMILES string of the molecule is COc1cccc(/C=C(\C[C@@H]2c3c(cc4c(c3OC)OCO4)CCN2C)NO)c1. The Hall–Kier alpha value is -2.90. The van der Waals surface area contributed by atoms with Crippen LogP contribution in [0, 0.1) is 0 Å². The fourth-order valence-corrected chi connectivity index (χ4v) is 4.06. The van der Waals surface area contributed by atoms with Crippen molar-refractivity contribution in [1.82, 2.24) is 10.4 Å². The molecule has 0 fully saturated rings. The van der Waals surface area contributed by atoms with Crippen LogP contribution in [0.5, 0.6) is 23.0 Å². The highest BCUT2D eigenvalue weighted by Gasteiger charge is 2.34. The maximum Gasteiger partial charge on any atom is 0.231 e. The Morgan fingerprint density at radius 2 is 2.14 bits per heavy atom. The molecule has 7 heteroatoms. The summed E-state index contributed by atoms with van der Waals surface area (Å²) in [4.78, 5) is 2.27. The van der Waals surface area contributed by atoms with E-state index in [4.69, 9.17) is 18.9 Å². The highest BCUT2D eigenvalue weighted by atomic mass is 16.7. The number of benzene rings is 2. The van der Waals surface area contributed by atoms with E-state index in [2.05, 4.69) is 23.5 Å². The summed E-state index contributed by atoms with van der Waals surface area (Å²) in [5, 5.41) is 9.82. The number of rotatable bonds is 6. The zero-order valence-corrected chi connectivity index (χ0v) is 16.9. The number of hydrogen-bond donors (Lipinski definition) is 2. The highest BCUT2D eigenvalue weighted by molar-refractivity contribution is 5.62. The number of hydroxylamine groups is 1. The quantitative estimate of drug-likeness (QED) is 0.723. The topological polar surface area (TPSA) is 72.4 Å². The van der Waals surface area contributed by atoms with Crippen LogP contribution in [0.25, 0.3) is 6.08 Å². The van der Waals surface area contributed by atoms with Gasteiger partial charge in [-0.25, -0.2) is 0 Å². The van der Waals surface area contributed by atoms with Gasteiger partial charge >= 0.3 is 0 Å². The maximum absolute atomic E-state index is 9.82. The first kappa shape index (κ1) is 19.4. The van der Waals surface area contributed by atoms with E-state index in [-0.39, 0.29) is 12.8 Å². The lowest BCUT2D eigenvalue weighted by Crippen LogP contribution is -2.33. The maximum atomic E-state index is 9.82. The van der Waals surface area contributed by atoms with Crippen molar-refractivity contribution < 1.29 is 24.2 Å². The summed E-state index contributed by atoms with van der Waals surface area (Å²) >= 11 is 0. The van der Waals surface area contributed by atoms with E-state index in [1.807, 2.05) is 30.3 Å². The molecular weight excluding hydrogens is 372 g/mol. The molecule has 7 nitrogen and oxygen atoms in total. The molecule has 2 aliphatic rings. The molecule has 2 aliphatic heterocycles. The molecule has 154 valence electrons. The van der Waals surface area contributed by atoms with Crippen LogP contribution in [-0.4, -0.2) is 44.7 Å².